The second kappa shape index (κ2) is 20.0. The van der Waals surface area contributed by atoms with Crippen LogP contribution in [0.2, 0.25) is 0 Å². The summed E-state index contributed by atoms with van der Waals surface area (Å²) in [7, 11) is 0. The average molecular weight is 604 g/mol. The van der Waals surface area contributed by atoms with E-state index in [9.17, 15) is 19.2 Å². The quantitative estimate of drug-likeness (QED) is 0.0701. The van der Waals surface area contributed by atoms with Gasteiger partial charge in [0.15, 0.2) is 6.10 Å². The minimum absolute atomic E-state index is 0.125. The van der Waals surface area contributed by atoms with Gasteiger partial charge < -0.3 is 25.8 Å². The molecule has 0 bridgehead atoms. The van der Waals surface area contributed by atoms with Crippen molar-refractivity contribution in [3.8, 4) is 5.75 Å². The maximum Gasteiger partial charge on any atom is 0.303 e. The van der Waals surface area contributed by atoms with E-state index in [1.54, 1.807) is 48.5 Å². The molecule has 0 aliphatic rings. The van der Waals surface area contributed by atoms with E-state index in [0.717, 1.165) is 24.8 Å². The molecule has 236 valence electrons. The van der Waals surface area contributed by atoms with Crippen molar-refractivity contribution in [3.05, 3.63) is 65.7 Å². The first kappa shape index (κ1) is 35.2. The third-order valence-electron chi connectivity index (χ3n) is 6.40. The van der Waals surface area contributed by atoms with Crippen LogP contribution in [0.4, 0.5) is 0 Å². The summed E-state index contributed by atoms with van der Waals surface area (Å²) in [5.41, 5.74) is 1.47. The van der Waals surface area contributed by atoms with Crippen LogP contribution in [0, 0.1) is 0 Å². The largest absolute Gasteiger partial charge is 0.485 e. The smallest absolute Gasteiger partial charge is 0.303 e. The van der Waals surface area contributed by atoms with E-state index in [2.05, 4.69) is 25.7 Å². The zero-order valence-electron chi connectivity index (χ0n) is 24.2. The third-order valence-corrected chi connectivity index (χ3v) is 6.40. The number of carboxylic acids is 1. The molecule has 13 heteroatoms. The number of rotatable bonds is 21. The van der Waals surface area contributed by atoms with Gasteiger partial charge in [0.25, 0.3) is 0 Å². The van der Waals surface area contributed by atoms with Gasteiger partial charge in [0.2, 0.25) is 17.7 Å². The van der Waals surface area contributed by atoms with Crippen LogP contribution < -0.4 is 20.7 Å². The van der Waals surface area contributed by atoms with Crippen LogP contribution in [0.5, 0.6) is 5.75 Å². The molecule has 13 nitrogen and oxygen atoms in total. The van der Waals surface area contributed by atoms with Gasteiger partial charge in [0, 0.05) is 25.8 Å². The lowest BCUT2D eigenvalue weighted by Gasteiger charge is -2.24. The molecule has 0 saturated heterocycles. The zero-order chi connectivity index (χ0) is 31.5. The van der Waals surface area contributed by atoms with Gasteiger partial charge in [-0.05, 0) is 29.7 Å². The first-order valence-corrected chi connectivity index (χ1v) is 14.2. The molecule has 2 rings (SSSR count). The Kier molecular flexibility index (Phi) is 16.3. The first-order chi connectivity index (χ1) is 20.7. The Labute approximate surface area is 250 Å². The SMILES string of the molecule is CCCCCNC(=O)C(Cc1ccc(OC(COO)COO)cc1)NC(=O)C(Cc1ccccc1)NC(=O)CCC(=O)O. The number of ether oxygens (including phenoxy) is 1. The topological polar surface area (TPSA) is 193 Å². The van der Waals surface area contributed by atoms with E-state index in [0.29, 0.717) is 17.9 Å². The Morgan fingerprint density at radius 1 is 0.767 bits per heavy atom. The van der Waals surface area contributed by atoms with Crippen molar-refractivity contribution in [2.75, 3.05) is 19.8 Å². The van der Waals surface area contributed by atoms with E-state index in [-0.39, 0.29) is 44.8 Å². The summed E-state index contributed by atoms with van der Waals surface area (Å²) in [6, 6.07) is 13.6. The van der Waals surface area contributed by atoms with Crippen molar-refractivity contribution >= 4 is 23.7 Å². The van der Waals surface area contributed by atoms with Gasteiger partial charge in [-0.1, -0.05) is 62.2 Å². The molecule has 3 amide bonds. The lowest BCUT2D eigenvalue weighted by molar-refractivity contribution is -0.286. The highest BCUT2D eigenvalue weighted by molar-refractivity contribution is 5.92. The Balaban J connectivity index is 2.20. The van der Waals surface area contributed by atoms with Gasteiger partial charge >= 0.3 is 5.97 Å². The molecule has 2 atom stereocenters. The molecule has 0 aliphatic carbocycles. The maximum absolute atomic E-state index is 13.5. The molecule has 2 aromatic rings. The fourth-order valence-corrected chi connectivity index (χ4v) is 4.15. The normalized spacial score (nSPS) is 12.3. The van der Waals surface area contributed by atoms with Crippen LogP contribution in [0.25, 0.3) is 0 Å². The van der Waals surface area contributed by atoms with Crippen LogP contribution in [-0.2, 0) is 41.8 Å². The molecule has 2 unspecified atom stereocenters. The fourth-order valence-electron chi connectivity index (χ4n) is 4.15. The van der Waals surface area contributed by atoms with Gasteiger partial charge in [-0.15, -0.1) is 0 Å². The molecule has 2 aromatic carbocycles. The average Bonchev–Trinajstić information content (AvgIpc) is 2.99. The van der Waals surface area contributed by atoms with Crippen LogP contribution >= 0.6 is 0 Å². The van der Waals surface area contributed by atoms with Crippen molar-refractivity contribution < 1.29 is 49.3 Å². The molecule has 6 N–H and O–H groups in total. The molecule has 0 fully saturated rings. The summed E-state index contributed by atoms with van der Waals surface area (Å²) in [6.45, 7) is 2.00. The van der Waals surface area contributed by atoms with Crippen LogP contribution in [0.1, 0.15) is 50.2 Å². The number of nitrogens with one attached hydrogen (secondary N) is 3. The maximum atomic E-state index is 13.5. The van der Waals surface area contributed by atoms with Crippen LogP contribution in [0.15, 0.2) is 54.6 Å². The first-order valence-electron chi connectivity index (χ1n) is 14.2. The Morgan fingerprint density at radius 2 is 1.37 bits per heavy atom. The van der Waals surface area contributed by atoms with Gasteiger partial charge in [-0.25, -0.2) is 9.78 Å². The number of hydrogen-bond acceptors (Lipinski definition) is 9. The minimum Gasteiger partial charge on any atom is -0.485 e. The van der Waals surface area contributed by atoms with Gasteiger partial charge in [0.05, 0.1) is 6.42 Å². The zero-order valence-corrected chi connectivity index (χ0v) is 24.2. The van der Waals surface area contributed by atoms with Gasteiger partial charge in [-0.2, -0.15) is 0 Å². The number of carbonyl (C=O) groups is 4. The summed E-state index contributed by atoms with van der Waals surface area (Å²) in [4.78, 5) is 58.2. The highest BCUT2D eigenvalue weighted by Gasteiger charge is 2.27. The van der Waals surface area contributed by atoms with E-state index in [4.69, 9.17) is 20.4 Å². The number of benzene rings is 2. The van der Waals surface area contributed by atoms with Gasteiger partial charge in [0.1, 0.15) is 31.0 Å². The molecule has 0 heterocycles. The summed E-state index contributed by atoms with van der Waals surface area (Å²) in [6.07, 6.45) is 1.50. The molecule has 0 spiro atoms. The highest BCUT2D eigenvalue weighted by Crippen LogP contribution is 2.16. The summed E-state index contributed by atoms with van der Waals surface area (Å²) < 4.78 is 5.61. The molecular formula is C30H41N3O10. The van der Waals surface area contributed by atoms with Crippen LogP contribution in [-0.4, -0.2) is 77.3 Å². The Bertz CT molecular complexity index is 1120. The van der Waals surface area contributed by atoms with Crippen molar-refractivity contribution in [1.82, 2.24) is 16.0 Å². The van der Waals surface area contributed by atoms with Crippen molar-refractivity contribution in [1.29, 1.82) is 0 Å². The second-order valence-electron chi connectivity index (χ2n) is 9.94. The Hall–Kier alpha value is -4.04. The Morgan fingerprint density at radius 3 is 1.95 bits per heavy atom. The lowest BCUT2D eigenvalue weighted by Crippen LogP contribution is -2.55. The third kappa shape index (κ3) is 14.1. The van der Waals surface area contributed by atoms with Crippen molar-refractivity contribution in [2.45, 2.75) is 70.1 Å². The number of carbonyl (C=O) groups excluding carboxylic acids is 3. The van der Waals surface area contributed by atoms with E-state index in [1.165, 1.54) is 0 Å². The minimum atomic E-state index is -1.13. The summed E-state index contributed by atoms with van der Waals surface area (Å²) in [5, 5.41) is 34.6. The standard InChI is InChI=1S/C30H41N3O10/c1-2-3-7-16-31-29(37)25(18-22-10-12-23(13-11-22)43-24(19-41-39)20-42-40)33-30(38)26(17-21-8-5-4-6-9-21)32-27(34)14-15-28(35)36/h4-6,8-13,24-26,39-40H,2-3,7,14-20H2,1H3,(H,31,37)(H,32,34)(H,33,38)(H,35,36). The number of unbranched alkanes of at least 4 members (excludes halogenated alkanes) is 2. The molecular weight excluding hydrogens is 562 g/mol. The molecule has 0 radical (unpaired) electrons. The summed E-state index contributed by atoms with van der Waals surface area (Å²) in [5.74, 6) is -2.31. The van der Waals surface area contributed by atoms with Crippen molar-refractivity contribution in [3.63, 3.8) is 0 Å². The van der Waals surface area contributed by atoms with E-state index in [1.807, 2.05) is 13.0 Å². The number of amides is 3. The van der Waals surface area contributed by atoms with Gasteiger partial charge in [-0.3, -0.25) is 29.7 Å². The number of carboxylic acid groups (broad SMARTS) is 1. The molecule has 0 saturated carbocycles. The number of aliphatic carboxylic acids is 1. The number of hydrogen-bond donors (Lipinski definition) is 6. The predicted molar refractivity (Wildman–Crippen MR) is 155 cm³/mol. The van der Waals surface area contributed by atoms with E-state index >= 15 is 0 Å². The molecule has 0 aliphatic heterocycles. The monoisotopic (exact) mass is 603 g/mol. The molecule has 0 aromatic heterocycles. The summed E-state index contributed by atoms with van der Waals surface area (Å²) >= 11 is 0. The van der Waals surface area contributed by atoms with Crippen molar-refractivity contribution in [2.24, 2.45) is 0 Å². The predicted octanol–water partition coefficient (Wildman–Crippen LogP) is 2.34. The van der Waals surface area contributed by atoms with Crippen LogP contribution in [0.3, 0.4) is 0 Å². The van der Waals surface area contributed by atoms with E-state index < -0.39 is 36.0 Å². The second-order valence-corrected chi connectivity index (χ2v) is 9.94. The fraction of sp³-hybridized carbons (Fsp3) is 0.467. The molecule has 43 heavy (non-hydrogen) atoms. The lowest BCUT2D eigenvalue weighted by atomic mass is 10.0. The highest BCUT2D eigenvalue weighted by atomic mass is 17.1.